The molecular formula is C27H25N5O6. The summed E-state index contributed by atoms with van der Waals surface area (Å²) in [5, 5.41) is 6.49. The standard InChI is InChI=1S/C27H25N5O6/c1-17(35)12-19(15-33)29-24(36)14-32-23-9-5-4-8-22(23)31(16-34)13-21(27(32)38)30-26(37)25-20-7-3-2-6-18(20)10-11-28-25/h2-11,15-16,19,21H,12-14H2,1H3,(H,29,36)(H,30,37)/t19-,21-/m0/s1. The SMILES string of the molecule is CC(=O)C[C@@H](C=O)NC(=O)CN1C(=O)[C@@H](NC(=O)c2nccc3ccccc23)CN(C=O)c2ccccc21. The van der Waals surface area contributed by atoms with Crippen molar-refractivity contribution in [1.29, 1.82) is 0 Å². The highest BCUT2D eigenvalue weighted by Crippen LogP contribution is 2.32. The molecule has 0 spiro atoms. The lowest BCUT2D eigenvalue weighted by molar-refractivity contribution is -0.126. The molecule has 1 aliphatic rings. The van der Waals surface area contributed by atoms with Gasteiger partial charge >= 0.3 is 0 Å². The van der Waals surface area contributed by atoms with Gasteiger partial charge in [0.2, 0.25) is 12.3 Å². The summed E-state index contributed by atoms with van der Waals surface area (Å²) in [5.74, 6) is -2.24. The number of fused-ring (bicyclic) bond motifs is 2. The van der Waals surface area contributed by atoms with Crippen LogP contribution in [0.25, 0.3) is 10.8 Å². The largest absolute Gasteiger partial charge is 0.345 e. The molecule has 0 aliphatic carbocycles. The Labute approximate surface area is 217 Å². The molecule has 0 saturated heterocycles. The number of carbonyl (C=O) groups is 6. The van der Waals surface area contributed by atoms with Gasteiger partial charge in [-0.3, -0.25) is 33.9 Å². The van der Waals surface area contributed by atoms with E-state index in [9.17, 15) is 28.8 Å². The Bertz CT molecular complexity index is 1420. The molecule has 2 heterocycles. The van der Waals surface area contributed by atoms with Crippen LogP contribution in [0.15, 0.2) is 60.8 Å². The fourth-order valence-electron chi connectivity index (χ4n) is 4.35. The number of aromatic nitrogens is 1. The number of hydrogen-bond donors (Lipinski definition) is 2. The quantitative estimate of drug-likeness (QED) is 0.405. The molecule has 0 radical (unpaired) electrons. The monoisotopic (exact) mass is 515 g/mol. The number of hydrogen-bond acceptors (Lipinski definition) is 7. The van der Waals surface area contributed by atoms with Gasteiger partial charge in [-0.05, 0) is 30.5 Å². The maximum Gasteiger partial charge on any atom is 0.271 e. The van der Waals surface area contributed by atoms with Crippen LogP contribution >= 0.6 is 0 Å². The lowest BCUT2D eigenvalue weighted by Gasteiger charge is -2.25. The van der Waals surface area contributed by atoms with Crippen LogP contribution in [0.1, 0.15) is 23.8 Å². The number of rotatable bonds is 9. The molecular weight excluding hydrogens is 490 g/mol. The van der Waals surface area contributed by atoms with E-state index in [1.807, 2.05) is 12.1 Å². The number of ketones is 1. The fraction of sp³-hybridized carbons (Fsp3) is 0.222. The van der Waals surface area contributed by atoms with Gasteiger partial charge in [-0.25, -0.2) is 0 Å². The molecule has 2 N–H and O–H groups in total. The molecule has 0 fully saturated rings. The lowest BCUT2D eigenvalue weighted by atomic mass is 10.1. The minimum atomic E-state index is -1.22. The molecule has 3 aromatic rings. The van der Waals surface area contributed by atoms with E-state index in [1.165, 1.54) is 18.0 Å². The summed E-state index contributed by atoms with van der Waals surface area (Å²) in [7, 11) is 0. The third kappa shape index (κ3) is 5.56. The number of amides is 4. The topological polar surface area (TPSA) is 146 Å². The van der Waals surface area contributed by atoms with Crippen LogP contribution < -0.4 is 20.4 Å². The number of nitrogens with one attached hydrogen (secondary N) is 2. The molecule has 11 heteroatoms. The molecule has 2 atom stereocenters. The number of para-hydroxylation sites is 2. The van der Waals surface area contributed by atoms with E-state index in [4.69, 9.17) is 0 Å². The van der Waals surface area contributed by atoms with Crippen molar-refractivity contribution in [3.05, 3.63) is 66.5 Å². The first kappa shape index (κ1) is 26.1. The minimum Gasteiger partial charge on any atom is -0.345 e. The average Bonchev–Trinajstić information content (AvgIpc) is 3.02. The molecule has 2 aromatic carbocycles. The molecule has 1 aliphatic heterocycles. The summed E-state index contributed by atoms with van der Waals surface area (Å²) in [4.78, 5) is 81.1. The molecule has 11 nitrogen and oxygen atoms in total. The number of carbonyl (C=O) groups excluding carboxylic acids is 6. The van der Waals surface area contributed by atoms with Crippen LogP contribution in [0.3, 0.4) is 0 Å². The summed E-state index contributed by atoms with van der Waals surface area (Å²) >= 11 is 0. The number of anilines is 2. The number of benzene rings is 2. The molecule has 38 heavy (non-hydrogen) atoms. The number of Topliss-reactive ketones (excluding diaryl/α,β-unsaturated/α-hetero) is 1. The molecule has 1 aromatic heterocycles. The maximum absolute atomic E-state index is 13.7. The Hall–Kier alpha value is -4.93. The van der Waals surface area contributed by atoms with Crippen molar-refractivity contribution in [1.82, 2.24) is 15.6 Å². The number of nitrogens with zero attached hydrogens (tertiary/aromatic N) is 3. The highest BCUT2D eigenvalue weighted by atomic mass is 16.2. The summed E-state index contributed by atoms with van der Waals surface area (Å²) in [6.07, 6.45) is 2.29. The van der Waals surface area contributed by atoms with Gasteiger partial charge in [-0.1, -0.05) is 36.4 Å². The van der Waals surface area contributed by atoms with Crippen LogP contribution in [-0.2, 0) is 24.0 Å². The van der Waals surface area contributed by atoms with Crippen molar-refractivity contribution in [2.24, 2.45) is 0 Å². The molecule has 4 rings (SSSR count). The van der Waals surface area contributed by atoms with Gasteiger partial charge in [-0.15, -0.1) is 0 Å². The van der Waals surface area contributed by atoms with Crippen LogP contribution in [0, 0.1) is 0 Å². The van der Waals surface area contributed by atoms with Crippen molar-refractivity contribution in [3.8, 4) is 0 Å². The zero-order chi connectivity index (χ0) is 27.2. The number of aldehydes is 1. The van der Waals surface area contributed by atoms with Gasteiger partial charge in [-0.2, -0.15) is 0 Å². The third-order valence-electron chi connectivity index (χ3n) is 6.07. The van der Waals surface area contributed by atoms with E-state index in [-0.39, 0.29) is 30.1 Å². The van der Waals surface area contributed by atoms with E-state index in [0.29, 0.717) is 23.8 Å². The Kier molecular flexibility index (Phi) is 7.86. The summed E-state index contributed by atoms with van der Waals surface area (Å²) in [6.45, 7) is 0.599. The van der Waals surface area contributed by atoms with Gasteiger partial charge in [0.05, 0.1) is 24.0 Å². The summed E-state index contributed by atoms with van der Waals surface area (Å²) in [6, 6.07) is 13.2. The van der Waals surface area contributed by atoms with Crippen LogP contribution in [0.4, 0.5) is 11.4 Å². The van der Waals surface area contributed by atoms with E-state index in [1.54, 1.807) is 42.5 Å². The normalized spacial score (nSPS) is 15.7. The predicted octanol–water partition coefficient (Wildman–Crippen LogP) is 1.01. The molecule has 0 bridgehead atoms. The smallest absolute Gasteiger partial charge is 0.271 e. The first-order valence-electron chi connectivity index (χ1n) is 11.8. The van der Waals surface area contributed by atoms with Gasteiger partial charge < -0.3 is 20.3 Å². The molecule has 0 unspecified atom stereocenters. The zero-order valence-corrected chi connectivity index (χ0v) is 20.5. The van der Waals surface area contributed by atoms with Crippen molar-refractivity contribution in [2.75, 3.05) is 22.9 Å². The Balaban J connectivity index is 1.64. The van der Waals surface area contributed by atoms with Crippen molar-refractivity contribution < 1.29 is 28.8 Å². The van der Waals surface area contributed by atoms with Crippen molar-refractivity contribution >= 4 is 58.3 Å². The van der Waals surface area contributed by atoms with Gasteiger partial charge in [0, 0.05) is 18.0 Å². The van der Waals surface area contributed by atoms with E-state index in [2.05, 4.69) is 15.6 Å². The Morgan fingerprint density at radius 3 is 2.47 bits per heavy atom. The highest BCUT2D eigenvalue weighted by molar-refractivity contribution is 6.11. The first-order valence-corrected chi connectivity index (χ1v) is 11.8. The van der Waals surface area contributed by atoms with Crippen molar-refractivity contribution in [2.45, 2.75) is 25.4 Å². The summed E-state index contributed by atoms with van der Waals surface area (Å²) in [5.41, 5.74) is 0.742. The molecule has 4 amide bonds. The van der Waals surface area contributed by atoms with E-state index >= 15 is 0 Å². The maximum atomic E-state index is 13.7. The second kappa shape index (κ2) is 11.4. The Morgan fingerprint density at radius 1 is 1.05 bits per heavy atom. The van der Waals surface area contributed by atoms with Gasteiger partial charge in [0.1, 0.15) is 30.3 Å². The summed E-state index contributed by atoms with van der Waals surface area (Å²) < 4.78 is 0. The van der Waals surface area contributed by atoms with Crippen molar-refractivity contribution in [3.63, 3.8) is 0 Å². The second-order valence-electron chi connectivity index (χ2n) is 8.79. The van der Waals surface area contributed by atoms with Crippen LogP contribution in [0.5, 0.6) is 0 Å². The van der Waals surface area contributed by atoms with Crippen LogP contribution in [-0.4, -0.2) is 66.4 Å². The highest BCUT2D eigenvalue weighted by Gasteiger charge is 2.36. The predicted molar refractivity (Wildman–Crippen MR) is 138 cm³/mol. The molecule has 194 valence electrons. The minimum absolute atomic E-state index is 0.109. The first-order chi connectivity index (χ1) is 18.3. The van der Waals surface area contributed by atoms with Crippen LogP contribution in [0.2, 0.25) is 0 Å². The van der Waals surface area contributed by atoms with Gasteiger partial charge in [0.15, 0.2) is 0 Å². The van der Waals surface area contributed by atoms with Gasteiger partial charge in [0.25, 0.3) is 11.8 Å². The molecule has 0 saturated carbocycles. The third-order valence-corrected chi connectivity index (χ3v) is 6.07. The average molecular weight is 516 g/mol. The van der Waals surface area contributed by atoms with E-state index in [0.717, 1.165) is 10.3 Å². The Morgan fingerprint density at radius 2 is 1.76 bits per heavy atom. The fourth-order valence-corrected chi connectivity index (χ4v) is 4.35. The number of pyridine rings is 1. The lowest BCUT2D eigenvalue weighted by Crippen LogP contribution is -2.54. The van der Waals surface area contributed by atoms with E-state index < -0.39 is 36.3 Å². The second-order valence-corrected chi connectivity index (χ2v) is 8.79. The zero-order valence-electron chi connectivity index (χ0n) is 20.5.